The van der Waals surface area contributed by atoms with Crippen LogP contribution in [0.25, 0.3) is 0 Å². The Labute approximate surface area is 186 Å². The van der Waals surface area contributed by atoms with Gasteiger partial charge in [-0.05, 0) is 18.9 Å². The number of hydrogen-bond donors (Lipinski definition) is 3. The molecule has 1 aromatic carbocycles. The van der Waals surface area contributed by atoms with Crippen LogP contribution in [0.5, 0.6) is 5.75 Å². The number of nitrogens with one attached hydrogen (secondary N) is 2. The molecule has 184 valence electrons. The van der Waals surface area contributed by atoms with Crippen LogP contribution in [0.2, 0.25) is 0 Å². The standard InChI is InChI=1S/C20H25F5N4O4/c1-26-17(31)28-9-14(7-19(22,10-28)11-30)29(13-3-4-13)18(32)27-8-12-2-5-15(6-16(12)21)33-20(23,24)25/h2,5-6,13-14,30H,3-4,7-11H2,1H3,(H,26,31)(H,27,32)/t14?,19-/m1/s1. The number of piperidine rings is 1. The van der Waals surface area contributed by atoms with Crippen molar-refractivity contribution in [1.29, 1.82) is 0 Å². The lowest BCUT2D eigenvalue weighted by atomic mass is 9.91. The van der Waals surface area contributed by atoms with Gasteiger partial charge in [0.25, 0.3) is 0 Å². The van der Waals surface area contributed by atoms with Crippen LogP contribution >= 0.6 is 0 Å². The number of benzene rings is 1. The quantitative estimate of drug-likeness (QED) is 0.546. The van der Waals surface area contributed by atoms with Crippen molar-refractivity contribution in [2.75, 3.05) is 26.7 Å². The number of hydrogen-bond acceptors (Lipinski definition) is 4. The SMILES string of the molecule is CNC(=O)N1CC(N(C(=O)NCc2ccc(OC(F)(F)F)cc2F)C2CC2)C[C@](F)(CO)C1. The third-order valence-electron chi connectivity index (χ3n) is 5.55. The summed E-state index contributed by atoms with van der Waals surface area (Å²) in [5.74, 6) is -1.73. The van der Waals surface area contributed by atoms with E-state index in [0.717, 1.165) is 12.1 Å². The fourth-order valence-corrected chi connectivity index (χ4v) is 3.94. The molecular formula is C20H25F5N4O4. The lowest BCUT2D eigenvalue weighted by Gasteiger charge is -2.44. The van der Waals surface area contributed by atoms with Gasteiger partial charge in [-0.3, -0.25) is 0 Å². The molecule has 1 aromatic rings. The Morgan fingerprint density at radius 1 is 1.30 bits per heavy atom. The minimum atomic E-state index is -4.96. The topological polar surface area (TPSA) is 94.1 Å². The van der Waals surface area contributed by atoms with Crippen molar-refractivity contribution in [3.8, 4) is 5.75 Å². The molecule has 0 spiro atoms. The van der Waals surface area contributed by atoms with E-state index in [4.69, 9.17) is 0 Å². The normalized spacial score (nSPS) is 23.1. The third kappa shape index (κ3) is 6.36. The molecule has 2 aliphatic rings. The van der Waals surface area contributed by atoms with Gasteiger partial charge >= 0.3 is 18.4 Å². The number of carbonyl (C=O) groups excluding carboxylic acids is 2. The number of halogens is 5. The van der Waals surface area contributed by atoms with Crippen molar-refractivity contribution in [2.24, 2.45) is 0 Å². The third-order valence-corrected chi connectivity index (χ3v) is 5.55. The molecule has 3 rings (SSSR count). The predicted octanol–water partition coefficient (Wildman–Crippen LogP) is 2.51. The number of nitrogens with zero attached hydrogens (tertiary/aromatic N) is 2. The van der Waals surface area contributed by atoms with Crippen molar-refractivity contribution in [1.82, 2.24) is 20.4 Å². The monoisotopic (exact) mass is 480 g/mol. The van der Waals surface area contributed by atoms with Crippen LogP contribution in [0.4, 0.5) is 31.5 Å². The summed E-state index contributed by atoms with van der Waals surface area (Å²) in [5.41, 5.74) is -2.16. The summed E-state index contributed by atoms with van der Waals surface area (Å²) in [7, 11) is 1.38. The van der Waals surface area contributed by atoms with Crippen molar-refractivity contribution in [3.63, 3.8) is 0 Å². The van der Waals surface area contributed by atoms with Crippen LogP contribution < -0.4 is 15.4 Å². The van der Waals surface area contributed by atoms with E-state index in [1.54, 1.807) is 0 Å². The molecule has 13 heteroatoms. The zero-order chi connectivity index (χ0) is 24.4. The number of alkyl halides is 4. The average Bonchev–Trinajstić information content (AvgIpc) is 3.56. The van der Waals surface area contributed by atoms with Gasteiger partial charge in [-0.1, -0.05) is 6.07 Å². The van der Waals surface area contributed by atoms with E-state index in [9.17, 15) is 32.3 Å². The molecule has 2 atom stereocenters. The number of urea groups is 2. The maximum absolute atomic E-state index is 15.1. The Morgan fingerprint density at radius 2 is 2.00 bits per heavy atom. The summed E-state index contributed by atoms with van der Waals surface area (Å²) in [4.78, 5) is 27.6. The number of carbonyl (C=O) groups is 2. The van der Waals surface area contributed by atoms with E-state index in [1.807, 2.05) is 0 Å². The van der Waals surface area contributed by atoms with Gasteiger partial charge in [0.1, 0.15) is 11.6 Å². The molecule has 1 aliphatic heterocycles. The minimum absolute atomic E-state index is 0.0487. The maximum atomic E-state index is 15.1. The number of ether oxygens (including phenoxy) is 1. The predicted molar refractivity (Wildman–Crippen MR) is 106 cm³/mol. The van der Waals surface area contributed by atoms with E-state index < -0.39 is 48.3 Å². The first-order chi connectivity index (χ1) is 15.4. The summed E-state index contributed by atoms with van der Waals surface area (Å²) in [6, 6.07) is 0.450. The molecule has 0 radical (unpaired) electrons. The van der Waals surface area contributed by atoms with Gasteiger partial charge < -0.3 is 30.3 Å². The van der Waals surface area contributed by atoms with Gasteiger partial charge in [0, 0.05) is 44.2 Å². The first kappa shape index (κ1) is 24.8. The van der Waals surface area contributed by atoms with Crippen LogP contribution in [0.15, 0.2) is 18.2 Å². The number of aliphatic hydroxyl groups excluding tert-OH is 1. The minimum Gasteiger partial charge on any atom is -0.406 e. The Hall–Kier alpha value is -2.83. The van der Waals surface area contributed by atoms with Crippen LogP contribution in [0.1, 0.15) is 24.8 Å². The second kappa shape index (κ2) is 9.57. The van der Waals surface area contributed by atoms with Gasteiger partial charge in [0.2, 0.25) is 0 Å². The summed E-state index contributed by atoms with van der Waals surface area (Å²) in [6.07, 6.45) is -3.81. The van der Waals surface area contributed by atoms with Crippen molar-refractivity contribution in [3.05, 3.63) is 29.6 Å². The zero-order valence-corrected chi connectivity index (χ0v) is 17.8. The molecule has 0 aromatic heterocycles. The van der Waals surface area contributed by atoms with Gasteiger partial charge in [-0.15, -0.1) is 13.2 Å². The summed E-state index contributed by atoms with van der Waals surface area (Å²) in [6.45, 7) is -1.42. The first-order valence-corrected chi connectivity index (χ1v) is 10.3. The molecule has 1 unspecified atom stereocenters. The van der Waals surface area contributed by atoms with Gasteiger partial charge in [0.15, 0.2) is 5.67 Å². The molecule has 4 amide bonds. The molecule has 3 N–H and O–H groups in total. The van der Waals surface area contributed by atoms with Gasteiger partial charge in [-0.2, -0.15) is 0 Å². The second-order valence-corrected chi connectivity index (χ2v) is 8.20. The fraction of sp³-hybridized carbons (Fsp3) is 0.600. The van der Waals surface area contributed by atoms with Gasteiger partial charge in [0.05, 0.1) is 19.2 Å². The van der Waals surface area contributed by atoms with Crippen molar-refractivity contribution < 1.29 is 41.4 Å². The van der Waals surface area contributed by atoms with Crippen LogP contribution in [-0.4, -0.2) is 77.8 Å². The van der Waals surface area contributed by atoms with E-state index in [1.165, 1.54) is 16.8 Å². The van der Waals surface area contributed by atoms with Gasteiger partial charge in [-0.25, -0.2) is 18.4 Å². The highest BCUT2D eigenvalue weighted by Gasteiger charge is 2.47. The Kier molecular flexibility index (Phi) is 7.20. The molecule has 0 bridgehead atoms. The fourth-order valence-electron chi connectivity index (χ4n) is 3.94. The highest BCUT2D eigenvalue weighted by molar-refractivity contribution is 5.76. The molecule has 1 heterocycles. The van der Waals surface area contributed by atoms with E-state index >= 15 is 4.39 Å². The Bertz CT molecular complexity index is 883. The molecule has 33 heavy (non-hydrogen) atoms. The largest absolute Gasteiger partial charge is 0.573 e. The Morgan fingerprint density at radius 3 is 2.55 bits per heavy atom. The lowest BCUT2D eigenvalue weighted by molar-refractivity contribution is -0.274. The second-order valence-electron chi connectivity index (χ2n) is 8.20. The van der Waals surface area contributed by atoms with E-state index in [-0.39, 0.29) is 37.7 Å². The lowest BCUT2D eigenvalue weighted by Crippen LogP contribution is -2.62. The highest BCUT2D eigenvalue weighted by Crippen LogP contribution is 2.35. The van der Waals surface area contributed by atoms with Crippen molar-refractivity contribution >= 4 is 12.1 Å². The molecular weight excluding hydrogens is 455 g/mol. The number of likely N-dealkylation sites (tertiary alicyclic amines) is 1. The molecule has 1 aliphatic carbocycles. The number of rotatable bonds is 6. The van der Waals surface area contributed by atoms with E-state index in [2.05, 4.69) is 15.4 Å². The first-order valence-electron chi connectivity index (χ1n) is 10.3. The number of aliphatic hydroxyl groups is 1. The molecule has 1 saturated carbocycles. The molecule has 1 saturated heterocycles. The van der Waals surface area contributed by atoms with Crippen LogP contribution in [0.3, 0.4) is 0 Å². The summed E-state index contributed by atoms with van der Waals surface area (Å²) >= 11 is 0. The molecule has 2 fully saturated rings. The van der Waals surface area contributed by atoms with Crippen LogP contribution in [-0.2, 0) is 6.54 Å². The summed E-state index contributed by atoms with van der Waals surface area (Å²) in [5, 5.41) is 14.4. The van der Waals surface area contributed by atoms with Crippen molar-refractivity contribution in [2.45, 2.75) is 49.9 Å². The summed E-state index contributed by atoms with van der Waals surface area (Å²) < 4.78 is 69.8. The zero-order valence-electron chi connectivity index (χ0n) is 17.8. The van der Waals surface area contributed by atoms with E-state index in [0.29, 0.717) is 18.9 Å². The maximum Gasteiger partial charge on any atom is 0.573 e. The number of amides is 4. The highest BCUT2D eigenvalue weighted by atomic mass is 19.4. The molecule has 8 nitrogen and oxygen atoms in total. The van der Waals surface area contributed by atoms with Crippen LogP contribution in [0, 0.1) is 5.82 Å². The smallest absolute Gasteiger partial charge is 0.406 e. The average molecular weight is 480 g/mol. The Balaban J connectivity index is 1.70.